The molecule has 17 nitrogen and oxygen atoms in total. The number of carbonyl (C=O) groups excluding carboxylic acids is 4. The Hall–Kier alpha value is -4.54. The van der Waals surface area contributed by atoms with Gasteiger partial charge in [-0.3, -0.25) is 37.3 Å². The van der Waals surface area contributed by atoms with Crippen LogP contribution in [0.1, 0.15) is 349 Å². The molecule has 106 heavy (non-hydrogen) atoms. The normalized spacial score (nSPS) is 14.4. The maximum absolute atomic E-state index is 13.1. The molecule has 0 saturated carbocycles. The van der Waals surface area contributed by atoms with Crippen molar-refractivity contribution in [1.82, 2.24) is 0 Å². The molecule has 19 heteroatoms. The SMILES string of the molecule is CC/C=C\C/C=C\C/C=C\CCCCCCCCCC(=O)OCC(COP(=O)(O)OCC(O)COP(=O)(O)OCC(COC(=O)CCCCCCCC/C=C\C/C=C\C/C=C\CCCCC)OC(=O)CCCCCCC/C=C\C/C=C\CCCCC)OC(=O)CCCCCCC/C=C\C/C=C\CCCCC. The maximum atomic E-state index is 13.1. The second kappa shape index (κ2) is 78.6. The van der Waals surface area contributed by atoms with Gasteiger partial charge in [-0.1, -0.05) is 284 Å². The molecule has 0 aliphatic carbocycles. The fourth-order valence-corrected chi connectivity index (χ4v) is 12.6. The smallest absolute Gasteiger partial charge is 0.462 e. The lowest BCUT2D eigenvalue weighted by Crippen LogP contribution is -2.30. The third-order valence-corrected chi connectivity index (χ3v) is 19.3. The lowest BCUT2D eigenvalue weighted by atomic mass is 10.1. The quantitative estimate of drug-likeness (QED) is 0.0169. The molecule has 0 aromatic heterocycles. The lowest BCUT2D eigenvalue weighted by Gasteiger charge is -2.21. The summed E-state index contributed by atoms with van der Waals surface area (Å²) in [6.07, 6.45) is 87.3. The molecule has 610 valence electrons. The van der Waals surface area contributed by atoms with Gasteiger partial charge in [0.25, 0.3) is 0 Å². The zero-order chi connectivity index (χ0) is 77.4. The zero-order valence-corrected chi connectivity index (χ0v) is 68.6. The molecule has 0 aromatic carbocycles. The van der Waals surface area contributed by atoms with Gasteiger partial charge in [0.05, 0.1) is 26.4 Å². The second-order valence-corrected chi connectivity index (χ2v) is 30.6. The van der Waals surface area contributed by atoms with E-state index in [4.69, 9.17) is 37.0 Å². The van der Waals surface area contributed by atoms with Crippen molar-refractivity contribution in [3.8, 4) is 0 Å². The highest BCUT2D eigenvalue weighted by molar-refractivity contribution is 7.47. The summed E-state index contributed by atoms with van der Waals surface area (Å²) in [5, 5.41) is 10.7. The molecule has 0 bridgehead atoms. The van der Waals surface area contributed by atoms with Crippen molar-refractivity contribution in [3.63, 3.8) is 0 Å². The van der Waals surface area contributed by atoms with Gasteiger partial charge >= 0.3 is 39.5 Å². The standard InChI is InChI=1S/C87H150O17P2/c1-5-9-13-17-21-25-29-33-37-39-40-42-46-48-52-56-60-64-68-72-85(90)98-78-83(104-87(92)74-70-66-62-58-54-50-44-36-32-28-24-20-16-12-8-4)80-102-106(95,96)100-76-81(88)75-99-105(93,94)101-79-82(103-86(91)73-69-65-61-57-53-49-43-35-31-27-23-19-15-11-7-3)77-97-84(89)71-67-63-59-55-51-47-45-41-38-34-30-26-22-18-14-10-6-2/h10,14,21-28,33-38,40,42-44,81-83,88H,5-9,11-13,15-20,29-32,39,41,45-80H2,1-4H3,(H,93,94)(H,95,96)/b14-10-,25-21-,26-22-,27-23-,28-24-,37-33-,38-34-,42-40-,43-35-,44-36-. The average molecular weight is 1530 g/mol. The van der Waals surface area contributed by atoms with Gasteiger partial charge in [0.1, 0.15) is 19.3 Å². The van der Waals surface area contributed by atoms with E-state index in [9.17, 15) is 43.2 Å². The molecule has 0 aromatic rings. The highest BCUT2D eigenvalue weighted by Crippen LogP contribution is 2.45. The van der Waals surface area contributed by atoms with Crippen molar-refractivity contribution in [3.05, 3.63) is 122 Å². The van der Waals surface area contributed by atoms with Gasteiger partial charge < -0.3 is 33.8 Å². The molecule has 0 aliphatic heterocycles. The molecule has 0 saturated heterocycles. The fraction of sp³-hybridized carbons (Fsp3) is 0.724. The molecule has 5 atom stereocenters. The summed E-state index contributed by atoms with van der Waals surface area (Å²) in [4.78, 5) is 73.2. The van der Waals surface area contributed by atoms with E-state index in [-0.39, 0.29) is 25.7 Å². The van der Waals surface area contributed by atoms with Gasteiger partial charge in [0.2, 0.25) is 0 Å². The molecule has 5 unspecified atom stereocenters. The van der Waals surface area contributed by atoms with E-state index in [2.05, 4.69) is 149 Å². The molecule has 0 heterocycles. The van der Waals surface area contributed by atoms with Gasteiger partial charge in [-0.25, -0.2) is 9.13 Å². The van der Waals surface area contributed by atoms with E-state index in [1.807, 2.05) is 0 Å². The van der Waals surface area contributed by atoms with Crippen LogP contribution < -0.4 is 0 Å². The van der Waals surface area contributed by atoms with Crippen LogP contribution in [0.25, 0.3) is 0 Å². The number of hydrogen-bond acceptors (Lipinski definition) is 15. The predicted octanol–water partition coefficient (Wildman–Crippen LogP) is 24.7. The topological polar surface area (TPSA) is 237 Å². The van der Waals surface area contributed by atoms with Crippen LogP contribution in [0.2, 0.25) is 0 Å². The largest absolute Gasteiger partial charge is 0.472 e. The Morgan fingerprint density at radius 3 is 0.755 bits per heavy atom. The summed E-state index contributed by atoms with van der Waals surface area (Å²) in [5.41, 5.74) is 0. The van der Waals surface area contributed by atoms with Crippen LogP contribution in [0.5, 0.6) is 0 Å². The third-order valence-electron chi connectivity index (χ3n) is 17.4. The number of aliphatic hydroxyl groups excluding tert-OH is 1. The summed E-state index contributed by atoms with van der Waals surface area (Å²) in [6, 6.07) is 0. The van der Waals surface area contributed by atoms with Crippen molar-refractivity contribution in [2.45, 2.75) is 367 Å². The van der Waals surface area contributed by atoms with E-state index < -0.39 is 97.5 Å². The summed E-state index contributed by atoms with van der Waals surface area (Å²) < 4.78 is 68.7. The first-order valence-electron chi connectivity index (χ1n) is 41.8. The monoisotopic (exact) mass is 1530 g/mol. The number of carbonyl (C=O) groups is 4. The van der Waals surface area contributed by atoms with Crippen molar-refractivity contribution < 1.29 is 80.2 Å². The minimum Gasteiger partial charge on any atom is -0.462 e. The average Bonchev–Trinajstić information content (AvgIpc) is 0.928. The summed E-state index contributed by atoms with van der Waals surface area (Å²) in [7, 11) is -9.98. The number of phosphoric acid groups is 2. The van der Waals surface area contributed by atoms with Crippen LogP contribution >= 0.6 is 15.6 Å². The van der Waals surface area contributed by atoms with E-state index >= 15 is 0 Å². The molecule has 0 amide bonds. The highest BCUT2D eigenvalue weighted by atomic mass is 31.2. The number of esters is 4. The number of unbranched alkanes of at least 4 members (excludes halogenated alkanes) is 32. The van der Waals surface area contributed by atoms with Crippen molar-refractivity contribution in [1.29, 1.82) is 0 Å². The van der Waals surface area contributed by atoms with E-state index in [1.54, 1.807) is 0 Å². The van der Waals surface area contributed by atoms with Gasteiger partial charge in [-0.05, 0) is 161 Å². The number of rotatable bonds is 78. The van der Waals surface area contributed by atoms with Gasteiger partial charge in [0, 0.05) is 25.7 Å². The van der Waals surface area contributed by atoms with E-state index in [1.165, 1.54) is 57.8 Å². The summed E-state index contributed by atoms with van der Waals surface area (Å²) >= 11 is 0. The maximum Gasteiger partial charge on any atom is 0.472 e. The Morgan fingerprint density at radius 2 is 0.491 bits per heavy atom. The third kappa shape index (κ3) is 77.6. The molecule has 0 fully saturated rings. The number of ether oxygens (including phenoxy) is 4. The van der Waals surface area contributed by atoms with E-state index in [0.717, 1.165) is 212 Å². The molecule has 3 N–H and O–H groups in total. The molecule has 0 aliphatic rings. The van der Waals surface area contributed by atoms with Crippen LogP contribution in [-0.2, 0) is 65.4 Å². The Morgan fingerprint density at radius 1 is 0.274 bits per heavy atom. The number of allylic oxidation sites excluding steroid dienone is 20. The van der Waals surface area contributed by atoms with Crippen molar-refractivity contribution >= 4 is 39.5 Å². The first kappa shape index (κ1) is 101. The van der Waals surface area contributed by atoms with E-state index in [0.29, 0.717) is 25.7 Å². The minimum absolute atomic E-state index is 0.0742. The zero-order valence-electron chi connectivity index (χ0n) is 66.8. The van der Waals surface area contributed by atoms with Gasteiger partial charge in [-0.2, -0.15) is 0 Å². The molecule has 0 radical (unpaired) electrons. The highest BCUT2D eigenvalue weighted by Gasteiger charge is 2.30. The first-order valence-corrected chi connectivity index (χ1v) is 44.8. The van der Waals surface area contributed by atoms with Gasteiger partial charge in [0.15, 0.2) is 12.2 Å². The number of aliphatic hydroxyl groups is 1. The molecule has 0 spiro atoms. The Bertz CT molecular complexity index is 2480. The van der Waals surface area contributed by atoms with Crippen LogP contribution in [0.4, 0.5) is 0 Å². The Labute approximate surface area is 644 Å². The van der Waals surface area contributed by atoms with Crippen LogP contribution in [-0.4, -0.2) is 96.7 Å². The van der Waals surface area contributed by atoms with Gasteiger partial charge in [-0.15, -0.1) is 0 Å². The number of phosphoric ester groups is 2. The van der Waals surface area contributed by atoms with Crippen LogP contribution in [0.3, 0.4) is 0 Å². The van der Waals surface area contributed by atoms with Crippen LogP contribution in [0.15, 0.2) is 122 Å². The first-order chi connectivity index (χ1) is 51.7. The van der Waals surface area contributed by atoms with Crippen molar-refractivity contribution in [2.24, 2.45) is 0 Å². The molecular formula is C87H150O17P2. The second-order valence-electron chi connectivity index (χ2n) is 27.7. The fourth-order valence-electron chi connectivity index (χ4n) is 11.0. The van der Waals surface area contributed by atoms with Crippen LogP contribution in [0, 0.1) is 0 Å². The lowest BCUT2D eigenvalue weighted by molar-refractivity contribution is -0.161. The van der Waals surface area contributed by atoms with Crippen molar-refractivity contribution in [2.75, 3.05) is 39.6 Å². The minimum atomic E-state index is -4.99. The molecular weight excluding hydrogens is 1380 g/mol. The summed E-state index contributed by atoms with van der Waals surface area (Å²) in [6.45, 7) is 4.67. The molecule has 0 rings (SSSR count). The predicted molar refractivity (Wildman–Crippen MR) is 436 cm³/mol. The number of hydrogen-bond donors (Lipinski definition) is 3. The summed E-state index contributed by atoms with van der Waals surface area (Å²) in [5.74, 6) is -2.22. The Kier molecular flexibility index (Phi) is 75.2. The Balaban J connectivity index is 5.39.